The van der Waals surface area contributed by atoms with Gasteiger partial charge < -0.3 is 10.6 Å². The largest absolute Gasteiger partial charge is 0.370 e. The summed E-state index contributed by atoms with van der Waals surface area (Å²) in [6.45, 7) is 2.16. The van der Waals surface area contributed by atoms with Crippen LogP contribution in [0.4, 0.5) is 0 Å². The summed E-state index contributed by atoms with van der Waals surface area (Å²) in [5.41, 5.74) is 7.22. The molecule has 0 amide bonds. The topological polar surface area (TPSA) is 41.6 Å². The van der Waals surface area contributed by atoms with Crippen LogP contribution in [0.3, 0.4) is 0 Å². The highest BCUT2D eigenvalue weighted by Crippen LogP contribution is 2.53. The summed E-state index contributed by atoms with van der Waals surface area (Å²) < 4.78 is 0. The van der Waals surface area contributed by atoms with E-state index < -0.39 is 0 Å². The van der Waals surface area contributed by atoms with Crippen molar-refractivity contribution in [3.63, 3.8) is 0 Å². The molecule has 106 valence electrons. The van der Waals surface area contributed by atoms with E-state index in [0.29, 0.717) is 11.0 Å². The summed E-state index contributed by atoms with van der Waals surface area (Å²) in [4.78, 5) is 7.12. The van der Waals surface area contributed by atoms with Crippen LogP contribution in [0.25, 0.3) is 0 Å². The number of nitrogens with two attached hydrogens (primary N) is 1. The quantitative estimate of drug-likeness (QED) is 0.830. The number of hydrogen-bond acceptors (Lipinski definition) is 3. The molecule has 3 aliphatic carbocycles. The smallest absolute Gasteiger partial charge is 0.191 e. The number of nitrogens with zero attached hydrogens (tertiary/aromatic N) is 2. The maximum atomic E-state index is 6.18. The Bertz CT molecular complexity index is 381. The molecular weight excluding hydrogens is 234 g/mol. The highest BCUT2D eigenvalue weighted by Gasteiger charge is 2.50. The van der Waals surface area contributed by atoms with Gasteiger partial charge in [0.05, 0.1) is 12.1 Å². The molecule has 4 aliphatic rings. The Labute approximate surface area is 116 Å². The van der Waals surface area contributed by atoms with Crippen molar-refractivity contribution in [1.29, 1.82) is 0 Å². The summed E-state index contributed by atoms with van der Waals surface area (Å²) in [5, 5.41) is 0. The van der Waals surface area contributed by atoms with Gasteiger partial charge in [-0.1, -0.05) is 12.8 Å². The molecule has 0 saturated heterocycles. The van der Waals surface area contributed by atoms with Gasteiger partial charge in [-0.05, 0) is 62.7 Å². The van der Waals surface area contributed by atoms with Crippen LogP contribution in [0.15, 0.2) is 4.99 Å². The molecule has 0 aromatic rings. The van der Waals surface area contributed by atoms with Gasteiger partial charge in [0.1, 0.15) is 0 Å². The zero-order chi connectivity index (χ0) is 12.9. The molecule has 3 nitrogen and oxygen atoms in total. The van der Waals surface area contributed by atoms with Crippen molar-refractivity contribution in [3.8, 4) is 0 Å². The summed E-state index contributed by atoms with van der Waals surface area (Å²) in [6.07, 6.45) is 14.3. The van der Waals surface area contributed by atoms with Crippen molar-refractivity contribution >= 4 is 5.96 Å². The molecule has 0 aromatic heterocycles. The van der Waals surface area contributed by atoms with Gasteiger partial charge in [0.15, 0.2) is 5.96 Å². The summed E-state index contributed by atoms with van der Waals surface area (Å²) in [7, 11) is 0. The molecule has 0 bridgehead atoms. The van der Waals surface area contributed by atoms with E-state index in [9.17, 15) is 0 Å². The van der Waals surface area contributed by atoms with Crippen LogP contribution >= 0.6 is 0 Å². The van der Waals surface area contributed by atoms with Crippen molar-refractivity contribution in [1.82, 2.24) is 4.90 Å². The van der Waals surface area contributed by atoms with Crippen LogP contribution in [-0.2, 0) is 0 Å². The third-order valence-corrected chi connectivity index (χ3v) is 6.43. The fourth-order valence-electron chi connectivity index (χ4n) is 4.79. The van der Waals surface area contributed by atoms with E-state index in [-0.39, 0.29) is 0 Å². The summed E-state index contributed by atoms with van der Waals surface area (Å²) >= 11 is 0. The van der Waals surface area contributed by atoms with Crippen LogP contribution < -0.4 is 5.73 Å². The van der Waals surface area contributed by atoms with Gasteiger partial charge in [-0.3, -0.25) is 4.99 Å². The third-order valence-electron chi connectivity index (χ3n) is 6.43. The molecule has 0 atom stereocenters. The van der Waals surface area contributed by atoms with Gasteiger partial charge in [-0.25, -0.2) is 0 Å². The Morgan fingerprint density at radius 3 is 2.37 bits per heavy atom. The van der Waals surface area contributed by atoms with E-state index in [1.807, 2.05) is 0 Å². The normalized spacial score (nSPS) is 32.2. The Morgan fingerprint density at radius 1 is 1.05 bits per heavy atom. The number of rotatable bonds is 2. The van der Waals surface area contributed by atoms with Gasteiger partial charge in [0, 0.05) is 6.54 Å². The lowest BCUT2D eigenvalue weighted by atomic mass is 9.66. The molecule has 3 fully saturated rings. The average molecular weight is 261 g/mol. The van der Waals surface area contributed by atoms with Crippen molar-refractivity contribution < 1.29 is 0 Å². The lowest BCUT2D eigenvalue weighted by molar-refractivity contribution is 0.0648. The molecule has 3 saturated carbocycles. The predicted octanol–water partition coefficient (Wildman–Crippen LogP) is 2.90. The lowest BCUT2D eigenvalue weighted by Gasteiger charge is -2.48. The Kier molecular flexibility index (Phi) is 2.62. The minimum Gasteiger partial charge on any atom is -0.370 e. The van der Waals surface area contributed by atoms with Gasteiger partial charge in [-0.15, -0.1) is 0 Å². The van der Waals surface area contributed by atoms with Crippen molar-refractivity contribution in [2.45, 2.75) is 69.7 Å². The predicted molar refractivity (Wildman–Crippen MR) is 78.0 cm³/mol. The number of hydrogen-bond donors (Lipinski definition) is 1. The van der Waals surface area contributed by atoms with Crippen LogP contribution in [0.1, 0.15) is 64.2 Å². The molecule has 19 heavy (non-hydrogen) atoms. The standard InChI is InChI=1S/C16H27N3/c17-14-18-12-16(19(14)11-13-3-4-13)9-7-15(8-10-16)5-1-2-6-15/h13H,1-12H2,(H2,17,18). The Morgan fingerprint density at radius 2 is 1.74 bits per heavy atom. The minimum absolute atomic E-state index is 0.320. The van der Waals surface area contributed by atoms with Gasteiger partial charge in [0.2, 0.25) is 0 Å². The maximum Gasteiger partial charge on any atom is 0.191 e. The van der Waals surface area contributed by atoms with Crippen LogP contribution in [0.5, 0.6) is 0 Å². The Hall–Kier alpha value is -0.730. The van der Waals surface area contributed by atoms with Gasteiger partial charge >= 0.3 is 0 Å². The van der Waals surface area contributed by atoms with E-state index in [2.05, 4.69) is 9.89 Å². The first-order valence-electron chi connectivity index (χ1n) is 8.29. The second-order valence-electron chi connectivity index (χ2n) is 7.66. The molecule has 2 N–H and O–H groups in total. The first-order chi connectivity index (χ1) is 9.22. The summed E-state index contributed by atoms with van der Waals surface area (Å²) in [6, 6.07) is 0. The van der Waals surface area contributed by atoms with Crippen LogP contribution in [0, 0.1) is 11.3 Å². The highest BCUT2D eigenvalue weighted by atomic mass is 15.4. The highest BCUT2D eigenvalue weighted by molar-refractivity contribution is 5.81. The first kappa shape index (κ1) is 12.0. The maximum absolute atomic E-state index is 6.18. The van der Waals surface area contributed by atoms with Crippen molar-refractivity contribution in [2.75, 3.05) is 13.1 Å². The molecule has 3 heteroatoms. The molecular formula is C16H27N3. The van der Waals surface area contributed by atoms with Crippen molar-refractivity contribution in [3.05, 3.63) is 0 Å². The number of aliphatic imine (C=N–C) groups is 1. The molecule has 0 aromatic carbocycles. The molecule has 2 spiro atoms. The van der Waals surface area contributed by atoms with Gasteiger partial charge in [-0.2, -0.15) is 0 Å². The fraction of sp³-hybridized carbons (Fsp3) is 0.938. The number of guanidine groups is 1. The van der Waals surface area contributed by atoms with E-state index in [1.54, 1.807) is 0 Å². The van der Waals surface area contributed by atoms with E-state index in [1.165, 1.54) is 70.8 Å². The zero-order valence-electron chi connectivity index (χ0n) is 12.0. The first-order valence-corrected chi connectivity index (χ1v) is 8.29. The second kappa shape index (κ2) is 4.13. The second-order valence-corrected chi connectivity index (χ2v) is 7.66. The molecule has 0 unspecified atom stereocenters. The minimum atomic E-state index is 0.320. The Balaban J connectivity index is 1.48. The molecule has 1 aliphatic heterocycles. The van der Waals surface area contributed by atoms with Crippen LogP contribution in [-0.4, -0.2) is 29.5 Å². The van der Waals surface area contributed by atoms with Gasteiger partial charge in [0.25, 0.3) is 0 Å². The lowest BCUT2D eigenvalue weighted by Crippen LogP contribution is -2.55. The van der Waals surface area contributed by atoms with E-state index in [4.69, 9.17) is 5.73 Å². The average Bonchev–Trinajstić information content (AvgIpc) is 3.06. The van der Waals surface area contributed by atoms with Crippen LogP contribution in [0.2, 0.25) is 0 Å². The summed E-state index contributed by atoms with van der Waals surface area (Å²) in [5.74, 6) is 1.75. The monoisotopic (exact) mass is 261 g/mol. The third kappa shape index (κ3) is 1.96. The zero-order valence-corrected chi connectivity index (χ0v) is 12.0. The molecule has 1 heterocycles. The van der Waals surface area contributed by atoms with E-state index in [0.717, 1.165) is 18.4 Å². The van der Waals surface area contributed by atoms with E-state index >= 15 is 0 Å². The molecule has 4 rings (SSSR count). The van der Waals surface area contributed by atoms with Crippen molar-refractivity contribution in [2.24, 2.45) is 22.1 Å². The SMILES string of the molecule is NC1=NCC2(CCC3(CCCC3)CC2)N1CC1CC1. The molecule has 0 radical (unpaired) electrons. The fourth-order valence-corrected chi connectivity index (χ4v) is 4.79.